The highest BCUT2D eigenvalue weighted by molar-refractivity contribution is 5.79. The van der Waals surface area contributed by atoms with E-state index >= 15 is 0 Å². The van der Waals surface area contributed by atoms with E-state index < -0.39 is 0 Å². The topological polar surface area (TPSA) is 61.6 Å². The second-order valence-electron chi connectivity index (χ2n) is 7.85. The van der Waals surface area contributed by atoms with E-state index in [1.54, 1.807) is 0 Å². The number of piperazine rings is 1. The van der Waals surface area contributed by atoms with Crippen LogP contribution < -0.4 is 5.32 Å². The number of nitrogens with one attached hydrogen (secondary N) is 1. The SMILES string of the molecule is Cc1noc(C)c1NC1CCC(C(=O)N2CCN(C(C)C)CC2)CC1. The van der Waals surface area contributed by atoms with Crippen molar-refractivity contribution >= 4 is 11.6 Å². The molecule has 0 aromatic carbocycles. The maximum atomic E-state index is 12.8. The molecule has 6 heteroatoms. The summed E-state index contributed by atoms with van der Waals surface area (Å²) in [4.78, 5) is 17.4. The number of carbonyl (C=O) groups excluding carboxylic acids is 1. The van der Waals surface area contributed by atoms with Crippen LogP contribution in [0.1, 0.15) is 51.0 Å². The number of hydrogen-bond donors (Lipinski definition) is 1. The van der Waals surface area contributed by atoms with Crippen LogP contribution in [0.4, 0.5) is 5.69 Å². The van der Waals surface area contributed by atoms with Gasteiger partial charge in [-0.2, -0.15) is 0 Å². The van der Waals surface area contributed by atoms with Crippen molar-refractivity contribution in [2.75, 3.05) is 31.5 Å². The molecule has 1 saturated carbocycles. The van der Waals surface area contributed by atoms with E-state index in [1.807, 2.05) is 13.8 Å². The fraction of sp³-hybridized carbons (Fsp3) is 0.789. The third-order valence-corrected chi connectivity index (χ3v) is 5.81. The Morgan fingerprint density at radius 1 is 1.12 bits per heavy atom. The van der Waals surface area contributed by atoms with Crippen molar-refractivity contribution in [1.29, 1.82) is 0 Å². The highest BCUT2D eigenvalue weighted by Crippen LogP contribution is 2.30. The Hall–Kier alpha value is -1.56. The fourth-order valence-corrected chi connectivity index (χ4v) is 4.09. The largest absolute Gasteiger partial charge is 0.378 e. The molecule has 1 aliphatic heterocycles. The highest BCUT2D eigenvalue weighted by atomic mass is 16.5. The lowest BCUT2D eigenvalue weighted by Crippen LogP contribution is -2.52. The Labute approximate surface area is 150 Å². The van der Waals surface area contributed by atoms with Gasteiger partial charge in [-0.05, 0) is 53.4 Å². The Kier molecular flexibility index (Phi) is 5.67. The molecule has 2 aliphatic rings. The molecule has 140 valence electrons. The first-order chi connectivity index (χ1) is 12.0. The van der Waals surface area contributed by atoms with Crippen LogP contribution in [-0.4, -0.2) is 59.1 Å². The normalized spacial score (nSPS) is 25.4. The zero-order chi connectivity index (χ0) is 18.0. The van der Waals surface area contributed by atoms with Crippen molar-refractivity contribution in [1.82, 2.24) is 15.0 Å². The lowest BCUT2D eigenvalue weighted by Gasteiger charge is -2.39. The van der Waals surface area contributed by atoms with Crippen LogP contribution in [0.25, 0.3) is 0 Å². The molecule has 1 aliphatic carbocycles. The van der Waals surface area contributed by atoms with Gasteiger partial charge in [0.15, 0.2) is 5.76 Å². The van der Waals surface area contributed by atoms with Crippen molar-refractivity contribution < 1.29 is 9.32 Å². The summed E-state index contributed by atoms with van der Waals surface area (Å²) in [6.07, 6.45) is 4.02. The van der Waals surface area contributed by atoms with E-state index in [-0.39, 0.29) is 5.92 Å². The van der Waals surface area contributed by atoms with Gasteiger partial charge in [0, 0.05) is 44.2 Å². The second kappa shape index (κ2) is 7.77. The van der Waals surface area contributed by atoms with Crippen LogP contribution in [0.15, 0.2) is 4.52 Å². The van der Waals surface area contributed by atoms with Crippen molar-refractivity contribution in [3.8, 4) is 0 Å². The lowest BCUT2D eigenvalue weighted by molar-refractivity contribution is -0.138. The summed E-state index contributed by atoms with van der Waals surface area (Å²) in [5.41, 5.74) is 1.94. The van der Waals surface area contributed by atoms with Gasteiger partial charge in [0.2, 0.25) is 5.91 Å². The quantitative estimate of drug-likeness (QED) is 0.906. The van der Waals surface area contributed by atoms with Gasteiger partial charge in [0.25, 0.3) is 0 Å². The number of aromatic nitrogens is 1. The first kappa shape index (κ1) is 18.2. The number of hydrogen-bond acceptors (Lipinski definition) is 5. The molecule has 2 heterocycles. The molecule has 1 aromatic rings. The molecule has 0 radical (unpaired) electrons. The van der Waals surface area contributed by atoms with Gasteiger partial charge < -0.3 is 14.7 Å². The number of nitrogens with zero attached hydrogens (tertiary/aromatic N) is 3. The van der Waals surface area contributed by atoms with Crippen molar-refractivity contribution in [2.24, 2.45) is 5.92 Å². The zero-order valence-corrected chi connectivity index (χ0v) is 16.0. The minimum atomic E-state index is 0.202. The Balaban J connectivity index is 1.47. The summed E-state index contributed by atoms with van der Waals surface area (Å²) in [5.74, 6) is 1.42. The molecule has 0 atom stereocenters. The first-order valence-corrected chi connectivity index (χ1v) is 9.68. The second-order valence-corrected chi connectivity index (χ2v) is 7.85. The third kappa shape index (κ3) is 4.17. The van der Waals surface area contributed by atoms with Gasteiger partial charge in [0.1, 0.15) is 11.4 Å². The first-order valence-electron chi connectivity index (χ1n) is 9.68. The van der Waals surface area contributed by atoms with E-state index in [9.17, 15) is 4.79 Å². The zero-order valence-electron chi connectivity index (χ0n) is 16.0. The summed E-state index contributed by atoms with van der Waals surface area (Å²) >= 11 is 0. The molecule has 1 N–H and O–H groups in total. The molecule has 1 aromatic heterocycles. The molecular formula is C19H32N4O2. The molecule has 0 unspecified atom stereocenters. The number of rotatable bonds is 4. The standard InChI is InChI=1S/C19H32N4O2/c1-13(2)22-9-11-23(12-10-22)19(24)16-5-7-17(8-6-16)20-18-14(3)21-25-15(18)4/h13,16-17,20H,5-12H2,1-4H3. The average Bonchev–Trinajstić information content (AvgIpc) is 2.94. The molecule has 1 amide bonds. The Morgan fingerprint density at radius 2 is 1.76 bits per heavy atom. The predicted molar refractivity (Wildman–Crippen MR) is 98.6 cm³/mol. The van der Waals surface area contributed by atoms with Crippen LogP contribution in [0.3, 0.4) is 0 Å². The van der Waals surface area contributed by atoms with E-state index in [0.29, 0.717) is 18.0 Å². The molecule has 0 bridgehead atoms. The maximum absolute atomic E-state index is 12.8. The minimum absolute atomic E-state index is 0.202. The van der Waals surface area contributed by atoms with E-state index in [2.05, 4.69) is 34.1 Å². The average molecular weight is 348 g/mol. The number of aryl methyl sites for hydroxylation is 2. The van der Waals surface area contributed by atoms with Crippen molar-refractivity contribution in [2.45, 2.75) is 65.5 Å². The van der Waals surface area contributed by atoms with Gasteiger partial charge in [-0.15, -0.1) is 0 Å². The van der Waals surface area contributed by atoms with Crippen LogP contribution in [-0.2, 0) is 4.79 Å². The molecular weight excluding hydrogens is 316 g/mol. The third-order valence-electron chi connectivity index (χ3n) is 5.81. The maximum Gasteiger partial charge on any atom is 0.225 e. The Morgan fingerprint density at radius 3 is 2.28 bits per heavy atom. The van der Waals surface area contributed by atoms with Gasteiger partial charge in [-0.3, -0.25) is 9.69 Å². The van der Waals surface area contributed by atoms with Gasteiger partial charge in [-0.25, -0.2) is 0 Å². The summed E-state index contributed by atoms with van der Waals surface area (Å²) in [5, 5.41) is 7.57. The van der Waals surface area contributed by atoms with E-state index in [1.165, 1.54) is 0 Å². The summed E-state index contributed by atoms with van der Waals surface area (Å²) < 4.78 is 5.22. The van der Waals surface area contributed by atoms with E-state index in [0.717, 1.165) is 69.0 Å². The smallest absolute Gasteiger partial charge is 0.225 e. The fourth-order valence-electron chi connectivity index (χ4n) is 4.09. The Bertz CT molecular complexity index is 563. The van der Waals surface area contributed by atoms with Gasteiger partial charge in [0.05, 0.1) is 0 Å². The molecule has 3 rings (SSSR count). The minimum Gasteiger partial charge on any atom is -0.378 e. The van der Waals surface area contributed by atoms with Crippen LogP contribution >= 0.6 is 0 Å². The number of carbonyl (C=O) groups is 1. The highest BCUT2D eigenvalue weighted by Gasteiger charge is 2.31. The molecule has 6 nitrogen and oxygen atoms in total. The van der Waals surface area contributed by atoms with Gasteiger partial charge >= 0.3 is 0 Å². The molecule has 2 fully saturated rings. The summed E-state index contributed by atoms with van der Waals surface area (Å²) in [6, 6.07) is 0.988. The van der Waals surface area contributed by atoms with Crippen LogP contribution in [0, 0.1) is 19.8 Å². The summed E-state index contributed by atoms with van der Waals surface area (Å²) in [7, 11) is 0. The van der Waals surface area contributed by atoms with Crippen LogP contribution in [0.2, 0.25) is 0 Å². The number of amides is 1. The van der Waals surface area contributed by atoms with E-state index in [4.69, 9.17) is 4.52 Å². The van der Waals surface area contributed by atoms with Crippen molar-refractivity contribution in [3.05, 3.63) is 11.5 Å². The molecule has 25 heavy (non-hydrogen) atoms. The van der Waals surface area contributed by atoms with Crippen molar-refractivity contribution in [3.63, 3.8) is 0 Å². The molecule has 0 spiro atoms. The summed E-state index contributed by atoms with van der Waals surface area (Å²) in [6.45, 7) is 12.1. The lowest BCUT2D eigenvalue weighted by atomic mass is 9.85. The molecule has 1 saturated heterocycles. The number of anilines is 1. The monoisotopic (exact) mass is 348 g/mol. The van der Waals surface area contributed by atoms with Gasteiger partial charge in [-0.1, -0.05) is 5.16 Å². The van der Waals surface area contributed by atoms with Crippen LogP contribution in [0.5, 0.6) is 0 Å². The predicted octanol–water partition coefficient (Wildman–Crippen LogP) is 2.81.